The van der Waals surface area contributed by atoms with Crippen LogP contribution in [0.3, 0.4) is 0 Å². The number of rotatable bonds is 5. The molecule has 1 aliphatic heterocycles. The van der Waals surface area contributed by atoms with Crippen LogP contribution in [0.25, 0.3) is 0 Å². The molecule has 0 spiro atoms. The highest BCUT2D eigenvalue weighted by molar-refractivity contribution is 5.85. The summed E-state index contributed by atoms with van der Waals surface area (Å²) in [5.41, 5.74) is 0. The maximum absolute atomic E-state index is 11.7. The minimum absolute atomic E-state index is 0.0433. The molecular formula is C13H23N3O2. The Labute approximate surface area is 108 Å². The fourth-order valence-electron chi connectivity index (χ4n) is 2.68. The summed E-state index contributed by atoms with van der Waals surface area (Å²) < 4.78 is 0. The molecule has 2 aliphatic rings. The van der Waals surface area contributed by atoms with Crippen LogP contribution in [0, 0.1) is 0 Å². The third-order valence-electron chi connectivity index (χ3n) is 3.80. The SMILES string of the molecule is O=C(CNC1CCCC1)NCC(=O)N1CCCC1. The van der Waals surface area contributed by atoms with E-state index >= 15 is 0 Å². The monoisotopic (exact) mass is 253 g/mol. The van der Waals surface area contributed by atoms with E-state index in [1.165, 1.54) is 25.7 Å². The van der Waals surface area contributed by atoms with Crippen LogP contribution >= 0.6 is 0 Å². The molecule has 0 bridgehead atoms. The normalized spacial score (nSPS) is 20.3. The van der Waals surface area contributed by atoms with Gasteiger partial charge in [-0.05, 0) is 25.7 Å². The quantitative estimate of drug-likeness (QED) is 0.738. The Morgan fingerprint density at radius 2 is 1.67 bits per heavy atom. The van der Waals surface area contributed by atoms with Crippen LogP contribution in [-0.4, -0.2) is 48.9 Å². The average Bonchev–Trinajstić information content (AvgIpc) is 3.05. The lowest BCUT2D eigenvalue weighted by molar-refractivity contribution is -0.131. The highest BCUT2D eigenvalue weighted by atomic mass is 16.2. The van der Waals surface area contributed by atoms with Gasteiger partial charge in [0.1, 0.15) is 0 Å². The number of carbonyl (C=O) groups excluding carboxylic acids is 2. The molecule has 5 heteroatoms. The van der Waals surface area contributed by atoms with Gasteiger partial charge >= 0.3 is 0 Å². The van der Waals surface area contributed by atoms with Crippen LogP contribution in [0.15, 0.2) is 0 Å². The highest BCUT2D eigenvalue weighted by Crippen LogP contribution is 2.17. The Hall–Kier alpha value is -1.10. The Kier molecular flexibility index (Phi) is 4.99. The summed E-state index contributed by atoms with van der Waals surface area (Å²) in [6.45, 7) is 2.16. The first-order chi connectivity index (χ1) is 8.75. The number of hydrogen-bond acceptors (Lipinski definition) is 3. The van der Waals surface area contributed by atoms with E-state index in [2.05, 4.69) is 10.6 Å². The van der Waals surface area contributed by atoms with Gasteiger partial charge in [-0.1, -0.05) is 12.8 Å². The van der Waals surface area contributed by atoms with Crippen LogP contribution in [0.2, 0.25) is 0 Å². The van der Waals surface area contributed by atoms with Crippen molar-refractivity contribution in [3.05, 3.63) is 0 Å². The van der Waals surface area contributed by atoms with Crippen molar-refractivity contribution in [2.45, 2.75) is 44.6 Å². The van der Waals surface area contributed by atoms with Crippen molar-refractivity contribution < 1.29 is 9.59 Å². The summed E-state index contributed by atoms with van der Waals surface area (Å²) in [5, 5.41) is 5.93. The third kappa shape index (κ3) is 3.98. The van der Waals surface area contributed by atoms with Gasteiger partial charge in [0.2, 0.25) is 11.8 Å². The number of nitrogens with one attached hydrogen (secondary N) is 2. The maximum atomic E-state index is 11.7. The third-order valence-corrected chi connectivity index (χ3v) is 3.80. The molecule has 102 valence electrons. The van der Waals surface area contributed by atoms with E-state index in [1.807, 2.05) is 4.90 Å². The van der Waals surface area contributed by atoms with Gasteiger partial charge in [0, 0.05) is 19.1 Å². The molecule has 0 aromatic carbocycles. The van der Waals surface area contributed by atoms with Gasteiger partial charge in [-0.25, -0.2) is 0 Å². The lowest BCUT2D eigenvalue weighted by Crippen LogP contribution is -2.43. The summed E-state index contributed by atoms with van der Waals surface area (Å²) in [6.07, 6.45) is 7.02. The van der Waals surface area contributed by atoms with Crippen LogP contribution in [0.1, 0.15) is 38.5 Å². The summed E-state index contributed by atoms with van der Waals surface area (Å²) in [4.78, 5) is 25.1. The Morgan fingerprint density at radius 1 is 1.00 bits per heavy atom. The summed E-state index contributed by atoms with van der Waals surface area (Å²) in [5.74, 6) is -0.0313. The van der Waals surface area contributed by atoms with Crippen LogP contribution < -0.4 is 10.6 Å². The second-order valence-electron chi connectivity index (χ2n) is 5.23. The van der Waals surface area contributed by atoms with E-state index in [9.17, 15) is 9.59 Å². The van der Waals surface area contributed by atoms with E-state index in [0.717, 1.165) is 25.9 Å². The zero-order valence-electron chi connectivity index (χ0n) is 10.9. The first-order valence-corrected chi connectivity index (χ1v) is 7.03. The molecular weight excluding hydrogens is 230 g/mol. The number of hydrogen-bond donors (Lipinski definition) is 2. The Bertz CT molecular complexity index is 295. The van der Waals surface area contributed by atoms with Gasteiger partial charge < -0.3 is 15.5 Å². The van der Waals surface area contributed by atoms with Crippen molar-refractivity contribution in [2.75, 3.05) is 26.2 Å². The molecule has 0 atom stereocenters. The first-order valence-electron chi connectivity index (χ1n) is 7.03. The molecule has 0 radical (unpaired) electrons. The fourth-order valence-corrected chi connectivity index (χ4v) is 2.68. The van der Waals surface area contributed by atoms with Crippen molar-refractivity contribution >= 4 is 11.8 Å². The molecule has 0 unspecified atom stereocenters. The lowest BCUT2D eigenvalue weighted by Gasteiger charge is -2.16. The molecule has 2 amide bonds. The van der Waals surface area contributed by atoms with E-state index in [-0.39, 0.29) is 18.4 Å². The summed E-state index contributed by atoms with van der Waals surface area (Å²) in [7, 11) is 0. The molecule has 18 heavy (non-hydrogen) atoms. The van der Waals surface area contributed by atoms with E-state index in [1.54, 1.807) is 0 Å². The minimum Gasteiger partial charge on any atom is -0.346 e. The summed E-state index contributed by atoms with van der Waals surface area (Å²) in [6, 6.07) is 0.491. The van der Waals surface area contributed by atoms with Crippen LogP contribution in [-0.2, 0) is 9.59 Å². The second kappa shape index (κ2) is 6.73. The zero-order valence-corrected chi connectivity index (χ0v) is 10.9. The van der Waals surface area contributed by atoms with Gasteiger partial charge in [-0.2, -0.15) is 0 Å². The first kappa shape index (κ1) is 13.3. The van der Waals surface area contributed by atoms with Gasteiger partial charge in [0.15, 0.2) is 0 Å². The molecule has 1 heterocycles. The molecule has 1 saturated heterocycles. The van der Waals surface area contributed by atoms with Crippen LogP contribution in [0.5, 0.6) is 0 Å². The average molecular weight is 253 g/mol. The van der Waals surface area contributed by atoms with Crippen molar-refractivity contribution in [2.24, 2.45) is 0 Å². The second-order valence-corrected chi connectivity index (χ2v) is 5.23. The minimum atomic E-state index is -0.0746. The smallest absolute Gasteiger partial charge is 0.241 e. The number of likely N-dealkylation sites (tertiary alicyclic amines) is 1. The lowest BCUT2D eigenvalue weighted by atomic mass is 10.2. The summed E-state index contributed by atoms with van der Waals surface area (Å²) >= 11 is 0. The highest BCUT2D eigenvalue weighted by Gasteiger charge is 2.19. The van der Waals surface area contributed by atoms with E-state index in [0.29, 0.717) is 12.6 Å². The predicted octanol–water partition coefficient (Wildman–Crippen LogP) is 0.257. The molecule has 1 saturated carbocycles. The van der Waals surface area contributed by atoms with Crippen molar-refractivity contribution in [1.29, 1.82) is 0 Å². The number of carbonyl (C=O) groups is 2. The fraction of sp³-hybridized carbons (Fsp3) is 0.846. The van der Waals surface area contributed by atoms with Crippen LogP contribution in [0.4, 0.5) is 0 Å². The van der Waals surface area contributed by atoms with Crippen molar-refractivity contribution in [1.82, 2.24) is 15.5 Å². The van der Waals surface area contributed by atoms with Gasteiger partial charge in [-0.15, -0.1) is 0 Å². The maximum Gasteiger partial charge on any atom is 0.241 e. The van der Waals surface area contributed by atoms with Gasteiger partial charge in [-0.3, -0.25) is 9.59 Å². The molecule has 2 N–H and O–H groups in total. The van der Waals surface area contributed by atoms with E-state index < -0.39 is 0 Å². The van der Waals surface area contributed by atoms with Gasteiger partial charge in [0.25, 0.3) is 0 Å². The van der Waals surface area contributed by atoms with Crippen molar-refractivity contribution in [3.8, 4) is 0 Å². The van der Waals surface area contributed by atoms with E-state index in [4.69, 9.17) is 0 Å². The zero-order chi connectivity index (χ0) is 12.8. The topological polar surface area (TPSA) is 61.4 Å². The molecule has 2 rings (SSSR count). The Morgan fingerprint density at radius 3 is 2.33 bits per heavy atom. The molecule has 1 aliphatic carbocycles. The largest absolute Gasteiger partial charge is 0.346 e. The molecule has 5 nitrogen and oxygen atoms in total. The molecule has 2 fully saturated rings. The molecule has 0 aromatic rings. The molecule has 0 aromatic heterocycles. The van der Waals surface area contributed by atoms with Crippen molar-refractivity contribution in [3.63, 3.8) is 0 Å². The predicted molar refractivity (Wildman–Crippen MR) is 69.1 cm³/mol. The number of amides is 2. The van der Waals surface area contributed by atoms with Gasteiger partial charge in [0.05, 0.1) is 13.1 Å². The standard InChI is InChI=1S/C13H23N3O2/c17-12(9-14-11-5-1-2-6-11)15-10-13(18)16-7-3-4-8-16/h11,14H,1-10H2,(H,15,17). The Balaban J connectivity index is 1.57. The number of nitrogens with zero attached hydrogens (tertiary/aromatic N) is 1.